The van der Waals surface area contributed by atoms with Gasteiger partial charge >= 0.3 is 0 Å². The van der Waals surface area contributed by atoms with E-state index in [1.165, 1.54) is 0 Å². The van der Waals surface area contributed by atoms with Crippen molar-refractivity contribution in [3.8, 4) is 0 Å². The Labute approximate surface area is 114 Å². The quantitative estimate of drug-likeness (QED) is 0.835. The van der Waals surface area contributed by atoms with Crippen LogP contribution >= 0.6 is 0 Å². The molecule has 0 spiro atoms. The summed E-state index contributed by atoms with van der Waals surface area (Å²) in [4.78, 5) is 4.27. The van der Waals surface area contributed by atoms with Crippen LogP contribution in [0.2, 0.25) is 0 Å². The summed E-state index contributed by atoms with van der Waals surface area (Å²) in [6, 6.07) is 15.6. The first-order valence-electron chi connectivity index (χ1n) is 6.67. The van der Waals surface area contributed by atoms with Crippen molar-refractivity contribution < 1.29 is 5.11 Å². The van der Waals surface area contributed by atoms with Gasteiger partial charge in [-0.2, -0.15) is 0 Å². The van der Waals surface area contributed by atoms with Gasteiger partial charge < -0.3 is 10.4 Å². The zero-order valence-electron chi connectivity index (χ0n) is 11.2. The van der Waals surface area contributed by atoms with Crippen LogP contribution in [0.15, 0.2) is 54.7 Å². The summed E-state index contributed by atoms with van der Waals surface area (Å²) >= 11 is 0. The third kappa shape index (κ3) is 3.88. The first-order valence-corrected chi connectivity index (χ1v) is 6.67. The lowest BCUT2D eigenvalue weighted by atomic mass is 10.0. The van der Waals surface area contributed by atoms with Gasteiger partial charge in [-0.1, -0.05) is 43.3 Å². The lowest BCUT2D eigenvalue weighted by Gasteiger charge is -2.23. The molecule has 0 bridgehead atoms. The van der Waals surface area contributed by atoms with E-state index in [0.717, 1.165) is 17.7 Å². The molecule has 0 fully saturated rings. The van der Waals surface area contributed by atoms with Gasteiger partial charge in [-0.15, -0.1) is 0 Å². The van der Waals surface area contributed by atoms with E-state index in [1.807, 2.05) is 48.5 Å². The summed E-state index contributed by atoms with van der Waals surface area (Å²) in [5.41, 5.74) is 1.93. The van der Waals surface area contributed by atoms with E-state index in [0.29, 0.717) is 6.54 Å². The van der Waals surface area contributed by atoms with Crippen molar-refractivity contribution >= 4 is 0 Å². The van der Waals surface area contributed by atoms with Gasteiger partial charge in [-0.25, -0.2) is 0 Å². The second-order valence-electron chi connectivity index (χ2n) is 4.57. The van der Waals surface area contributed by atoms with Crippen LogP contribution in [0.4, 0.5) is 0 Å². The number of aliphatic hydroxyl groups excluding tert-OH is 1. The van der Waals surface area contributed by atoms with Crippen molar-refractivity contribution in [2.75, 3.05) is 0 Å². The molecule has 100 valence electrons. The van der Waals surface area contributed by atoms with Gasteiger partial charge in [0.2, 0.25) is 0 Å². The predicted molar refractivity (Wildman–Crippen MR) is 76.6 cm³/mol. The van der Waals surface area contributed by atoms with Crippen molar-refractivity contribution in [3.05, 3.63) is 66.0 Å². The lowest BCUT2D eigenvalue weighted by Crippen LogP contribution is -2.34. The highest BCUT2D eigenvalue weighted by Crippen LogP contribution is 2.18. The minimum absolute atomic E-state index is 0.0319. The number of aliphatic hydroxyl groups is 1. The number of nitrogens with zero attached hydrogens (tertiary/aromatic N) is 1. The van der Waals surface area contributed by atoms with Gasteiger partial charge in [0.05, 0.1) is 11.8 Å². The summed E-state index contributed by atoms with van der Waals surface area (Å²) in [7, 11) is 0. The molecule has 1 aromatic heterocycles. The van der Waals surface area contributed by atoms with Crippen molar-refractivity contribution in [1.82, 2.24) is 10.3 Å². The Bertz CT molecular complexity index is 473. The number of nitrogens with one attached hydrogen (secondary N) is 1. The molecule has 0 radical (unpaired) electrons. The van der Waals surface area contributed by atoms with E-state index in [-0.39, 0.29) is 6.04 Å². The first kappa shape index (κ1) is 13.7. The molecule has 0 saturated carbocycles. The standard InChI is InChI=1S/C16H20N2O/c1-2-15(16(19)13-8-4-3-5-9-13)18-12-14-10-6-7-11-17-14/h3-11,15-16,18-19H,2,12H2,1H3. The van der Waals surface area contributed by atoms with E-state index >= 15 is 0 Å². The number of hydrogen-bond donors (Lipinski definition) is 2. The fourth-order valence-electron chi connectivity index (χ4n) is 2.10. The number of benzene rings is 1. The van der Waals surface area contributed by atoms with Crippen LogP contribution in [0.5, 0.6) is 0 Å². The maximum atomic E-state index is 10.4. The van der Waals surface area contributed by atoms with E-state index in [1.54, 1.807) is 6.20 Å². The van der Waals surface area contributed by atoms with Crippen LogP contribution in [-0.4, -0.2) is 16.1 Å². The molecule has 2 atom stereocenters. The van der Waals surface area contributed by atoms with Crippen LogP contribution in [0.25, 0.3) is 0 Å². The molecule has 2 unspecified atom stereocenters. The zero-order valence-corrected chi connectivity index (χ0v) is 11.2. The second kappa shape index (κ2) is 7.02. The zero-order chi connectivity index (χ0) is 13.5. The van der Waals surface area contributed by atoms with Gasteiger partial charge in [0.1, 0.15) is 0 Å². The second-order valence-corrected chi connectivity index (χ2v) is 4.57. The Morgan fingerprint density at radius 3 is 2.47 bits per heavy atom. The average Bonchev–Trinajstić information content (AvgIpc) is 2.49. The Morgan fingerprint density at radius 1 is 1.11 bits per heavy atom. The molecule has 3 nitrogen and oxygen atoms in total. The molecular weight excluding hydrogens is 236 g/mol. The third-order valence-electron chi connectivity index (χ3n) is 3.23. The maximum absolute atomic E-state index is 10.4. The molecule has 2 N–H and O–H groups in total. The minimum atomic E-state index is -0.491. The molecule has 0 amide bonds. The molecule has 3 heteroatoms. The number of rotatable bonds is 6. The summed E-state index contributed by atoms with van der Waals surface area (Å²) in [6.45, 7) is 2.74. The Hall–Kier alpha value is -1.71. The number of hydrogen-bond acceptors (Lipinski definition) is 3. The highest BCUT2D eigenvalue weighted by atomic mass is 16.3. The molecule has 1 heterocycles. The van der Waals surface area contributed by atoms with E-state index in [9.17, 15) is 5.11 Å². The van der Waals surface area contributed by atoms with Gasteiger partial charge in [-0.3, -0.25) is 4.98 Å². The summed E-state index contributed by atoms with van der Waals surface area (Å²) < 4.78 is 0. The third-order valence-corrected chi connectivity index (χ3v) is 3.23. The first-order chi connectivity index (χ1) is 9.31. The van der Waals surface area contributed by atoms with Crippen molar-refractivity contribution in [1.29, 1.82) is 0 Å². The molecule has 0 saturated heterocycles. The van der Waals surface area contributed by atoms with Crippen LogP contribution in [-0.2, 0) is 6.54 Å². The Balaban J connectivity index is 1.97. The number of pyridine rings is 1. The topological polar surface area (TPSA) is 45.2 Å². The van der Waals surface area contributed by atoms with Crippen molar-refractivity contribution in [2.24, 2.45) is 0 Å². The lowest BCUT2D eigenvalue weighted by molar-refractivity contribution is 0.125. The summed E-state index contributed by atoms with van der Waals surface area (Å²) in [5.74, 6) is 0. The van der Waals surface area contributed by atoms with Gasteiger partial charge in [0, 0.05) is 18.8 Å². The minimum Gasteiger partial charge on any atom is -0.387 e. The molecule has 2 rings (SSSR count). The van der Waals surface area contributed by atoms with Crippen LogP contribution in [0.3, 0.4) is 0 Å². The fraction of sp³-hybridized carbons (Fsp3) is 0.312. The molecule has 1 aromatic carbocycles. The highest BCUT2D eigenvalue weighted by molar-refractivity contribution is 5.19. The van der Waals surface area contributed by atoms with E-state index in [4.69, 9.17) is 0 Å². The number of aromatic nitrogens is 1. The smallest absolute Gasteiger partial charge is 0.0942 e. The molecule has 0 aliphatic heterocycles. The van der Waals surface area contributed by atoms with Crippen LogP contribution in [0, 0.1) is 0 Å². The molecule has 19 heavy (non-hydrogen) atoms. The SMILES string of the molecule is CCC(NCc1ccccn1)C(O)c1ccccc1. The van der Waals surface area contributed by atoms with Crippen molar-refractivity contribution in [2.45, 2.75) is 32.0 Å². The Morgan fingerprint density at radius 2 is 1.84 bits per heavy atom. The monoisotopic (exact) mass is 256 g/mol. The van der Waals surface area contributed by atoms with E-state index in [2.05, 4.69) is 17.2 Å². The normalized spacial score (nSPS) is 14.0. The largest absolute Gasteiger partial charge is 0.387 e. The Kier molecular flexibility index (Phi) is 5.07. The predicted octanol–water partition coefficient (Wildman–Crippen LogP) is 2.68. The van der Waals surface area contributed by atoms with Gasteiger partial charge in [0.25, 0.3) is 0 Å². The molecule has 0 aliphatic carbocycles. The molecule has 2 aromatic rings. The molecular formula is C16H20N2O. The van der Waals surface area contributed by atoms with Gasteiger partial charge in [-0.05, 0) is 24.1 Å². The fourth-order valence-corrected chi connectivity index (χ4v) is 2.10. The maximum Gasteiger partial charge on any atom is 0.0942 e. The van der Waals surface area contributed by atoms with Gasteiger partial charge in [0.15, 0.2) is 0 Å². The average molecular weight is 256 g/mol. The van der Waals surface area contributed by atoms with E-state index < -0.39 is 6.10 Å². The summed E-state index contributed by atoms with van der Waals surface area (Å²) in [6.07, 6.45) is 2.16. The molecule has 0 aliphatic rings. The van der Waals surface area contributed by atoms with Crippen LogP contribution < -0.4 is 5.32 Å². The highest BCUT2D eigenvalue weighted by Gasteiger charge is 2.18. The van der Waals surface area contributed by atoms with Crippen molar-refractivity contribution in [3.63, 3.8) is 0 Å². The van der Waals surface area contributed by atoms with Crippen LogP contribution in [0.1, 0.15) is 30.7 Å². The summed E-state index contributed by atoms with van der Waals surface area (Å²) in [5, 5.41) is 13.7.